The molecule has 2 rings (SSSR count). The number of ether oxygens (including phenoxy) is 3. The maximum Gasteiger partial charge on any atom is 0.191 e. The van der Waals surface area contributed by atoms with E-state index in [-0.39, 0.29) is 0 Å². The SMILES string of the molecule is C=CCOc1ccccc1CNC(=NC)NCCCOC1CCOCC1. The van der Waals surface area contributed by atoms with Crippen molar-refractivity contribution in [2.75, 3.05) is 40.0 Å². The average molecular weight is 361 g/mol. The van der Waals surface area contributed by atoms with Gasteiger partial charge < -0.3 is 24.8 Å². The third-order valence-corrected chi connectivity index (χ3v) is 4.13. The second kappa shape index (κ2) is 12.3. The van der Waals surface area contributed by atoms with Gasteiger partial charge in [-0.1, -0.05) is 30.9 Å². The smallest absolute Gasteiger partial charge is 0.191 e. The predicted molar refractivity (Wildman–Crippen MR) is 105 cm³/mol. The first-order valence-electron chi connectivity index (χ1n) is 9.29. The second-order valence-corrected chi connectivity index (χ2v) is 6.10. The maximum atomic E-state index is 5.88. The second-order valence-electron chi connectivity index (χ2n) is 6.10. The molecule has 0 aromatic heterocycles. The summed E-state index contributed by atoms with van der Waals surface area (Å²) in [7, 11) is 1.77. The van der Waals surface area contributed by atoms with Crippen LogP contribution >= 0.6 is 0 Å². The topological polar surface area (TPSA) is 64.1 Å². The highest BCUT2D eigenvalue weighted by atomic mass is 16.5. The summed E-state index contributed by atoms with van der Waals surface area (Å²) in [5.74, 6) is 1.63. The van der Waals surface area contributed by atoms with Crippen molar-refractivity contribution in [1.82, 2.24) is 10.6 Å². The van der Waals surface area contributed by atoms with Crippen molar-refractivity contribution < 1.29 is 14.2 Å². The van der Waals surface area contributed by atoms with E-state index >= 15 is 0 Å². The Morgan fingerprint density at radius 1 is 1.31 bits per heavy atom. The van der Waals surface area contributed by atoms with Gasteiger partial charge in [0.1, 0.15) is 12.4 Å². The van der Waals surface area contributed by atoms with Gasteiger partial charge in [-0.15, -0.1) is 0 Å². The summed E-state index contributed by atoms with van der Waals surface area (Å²) in [6.45, 7) is 8.03. The molecule has 0 saturated carbocycles. The fraction of sp³-hybridized carbons (Fsp3) is 0.550. The molecular formula is C20H31N3O3. The number of para-hydroxylation sites is 1. The minimum atomic E-state index is 0.355. The fourth-order valence-electron chi connectivity index (χ4n) is 2.71. The van der Waals surface area contributed by atoms with E-state index < -0.39 is 0 Å². The first-order valence-corrected chi connectivity index (χ1v) is 9.29. The number of rotatable bonds is 10. The van der Waals surface area contributed by atoms with Crippen LogP contribution in [0.5, 0.6) is 5.75 Å². The van der Waals surface area contributed by atoms with Crippen LogP contribution in [0, 0.1) is 0 Å². The molecule has 0 aliphatic carbocycles. The van der Waals surface area contributed by atoms with Crippen LogP contribution in [0.2, 0.25) is 0 Å². The number of hydrogen-bond acceptors (Lipinski definition) is 4. The molecule has 0 amide bonds. The summed E-state index contributed by atoms with van der Waals surface area (Å²) in [4.78, 5) is 4.26. The number of guanidine groups is 1. The van der Waals surface area contributed by atoms with Gasteiger partial charge in [-0.3, -0.25) is 4.99 Å². The molecule has 1 aromatic carbocycles. The minimum Gasteiger partial charge on any atom is -0.489 e. The molecule has 6 heteroatoms. The van der Waals surface area contributed by atoms with Gasteiger partial charge in [0.2, 0.25) is 0 Å². The molecule has 2 N–H and O–H groups in total. The average Bonchev–Trinajstić information content (AvgIpc) is 2.70. The summed E-state index contributed by atoms with van der Waals surface area (Å²) < 4.78 is 16.9. The normalized spacial score (nSPS) is 15.5. The molecule has 1 saturated heterocycles. The molecule has 1 aromatic rings. The maximum absolute atomic E-state index is 5.88. The molecule has 6 nitrogen and oxygen atoms in total. The molecule has 1 fully saturated rings. The predicted octanol–water partition coefficient (Wildman–Crippen LogP) is 2.50. The summed E-state index contributed by atoms with van der Waals surface area (Å²) in [6, 6.07) is 7.97. The van der Waals surface area contributed by atoms with Crippen molar-refractivity contribution in [2.24, 2.45) is 4.99 Å². The summed E-state index contributed by atoms with van der Waals surface area (Å²) in [6.07, 6.45) is 5.05. The summed E-state index contributed by atoms with van der Waals surface area (Å²) in [5, 5.41) is 6.64. The first kappa shape index (κ1) is 20.3. The summed E-state index contributed by atoms with van der Waals surface area (Å²) >= 11 is 0. The lowest BCUT2D eigenvalue weighted by molar-refractivity contribution is -0.0320. The quantitative estimate of drug-likeness (QED) is 0.290. The van der Waals surface area contributed by atoms with Gasteiger partial charge in [0.25, 0.3) is 0 Å². The Kier molecular flexibility index (Phi) is 9.61. The van der Waals surface area contributed by atoms with E-state index in [2.05, 4.69) is 22.2 Å². The van der Waals surface area contributed by atoms with Crippen LogP contribution in [0.4, 0.5) is 0 Å². The van der Waals surface area contributed by atoms with Crippen LogP contribution in [-0.2, 0) is 16.0 Å². The number of nitrogens with zero attached hydrogens (tertiary/aromatic N) is 1. The van der Waals surface area contributed by atoms with Crippen molar-refractivity contribution in [3.05, 3.63) is 42.5 Å². The monoisotopic (exact) mass is 361 g/mol. The van der Waals surface area contributed by atoms with Crippen LogP contribution in [0.1, 0.15) is 24.8 Å². The Hall–Kier alpha value is -2.05. The van der Waals surface area contributed by atoms with Gasteiger partial charge >= 0.3 is 0 Å². The van der Waals surface area contributed by atoms with Gasteiger partial charge in [0, 0.05) is 45.5 Å². The zero-order valence-corrected chi connectivity index (χ0v) is 15.7. The third kappa shape index (κ3) is 7.45. The third-order valence-electron chi connectivity index (χ3n) is 4.13. The number of hydrogen-bond donors (Lipinski definition) is 2. The van der Waals surface area contributed by atoms with Gasteiger partial charge in [-0.05, 0) is 25.3 Å². The van der Waals surface area contributed by atoms with E-state index in [0.717, 1.165) is 62.9 Å². The van der Waals surface area contributed by atoms with Crippen LogP contribution in [0.25, 0.3) is 0 Å². The number of benzene rings is 1. The zero-order valence-electron chi connectivity index (χ0n) is 15.7. The standard InChI is InChI=1S/C20H31N3O3/c1-3-12-26-19-8-5-4-7-17(19)16-23-20(21-2)22-11-6-13-25-18-9-14-24-15-10-18/h3-5,7-8,18H,1,6,9-16H2,2H3,(H2,21,22,23). The van der Waals surface area contributed by atoms with Gasteiger partial charge in [0.05, 0.1) is 6.10 Å². The Morgan fingerprint density at radius 3 is 2.88 bits per heavy atom. The Morgan fingerprint density at radius 2 is 2.12 bits per heavy atom. The number of aliphatic imine (C=N–C) groups is 1. The molecule has 0 atom stereocenters. The summed E-state index contributed by atoms with van der Waals surface area (Å²) in [5.41, 5.74) is 1.08. The van der Waals surface area contributed by atoms with Crippen molar-refractivity contribution in [3.8, 4) is 5.75 Å². The van der Waals surface area contributed by atoms with E-state index in [0.29, 0.717) is 19.3 Å². The fourth-order valence-corrected chi connectivity index (χ4v) is 2.71. The molecular weight excluding hydrogens is 330 g/mol. The highest BCUT2D eigenvalue weighted by molar-refractivity contribution is 5.79. The minimum absolute atomic E-state index is 0.355. The van der Waals surface area contributed by atoms with Crippen molar-refractivity contribution in [3.63, 3.8) is 0 Å². The van der Waals surface area contributed by atoms with E-state index in [9.17, 15) is 0 Å². The Balaban J connectivity index is 1.65. The van der Waals surface area contributed by atoms with E-state index in [4.69, 9.17) is 14.2 Å². The zero-order chi connectivity index (χ0) is 18.5. The van der Waals surface area contributed by atoms with Crippen molar-refractivity contribution in [2.45, 2.75) is 31.9 Å². The molecule has 1 aliphatic heterocycles. The molecule has 1 aliphatic rings. The van der Waals surface area contributed by atoms with Crippen LogP contribution in [-0.4, -0.2) is 52.1 Å². The van der Waals surface area contributed by atoms with Crippen LogP contribution < -0.4 is 15.4 Å². The van der Waals surface area contributed by atoms with Gasteiger partial charge in [0.15, 0.2) is 5.96 Å². The molecule has 1 heterocycles. The molecule has 0 radical (unpaired) electrons. The highest BCUT2D eigenvalue weighted by Gasteiger charge is 2.13. The van der Waals surface area contributed by atoms with Crippen LogP contribution in [0.15, 0.2) is 41.9 Å². The number of nitrogens with one attached hydrogen (secondary N) is 2. The molecule has 0 unspecified atom stereocenters. The van der Waals surface area contributed by atoms with Gasteiger partial charge in [-0.25, -0.2) is 0 Å². The molecule has 0 bridgehead atoms. The van der Waals surface area contributed by atoms with Crippen LogP contribution in [0.3, 0.4) is 0 Å². The van der Waals surface area contributed by atoms with E-state index in [1.807, 2.05) is 24.3 Å². The molecule has 26 heavy (non-hydrogen) atoms. The Labute approximate surface area is 156 Å². The lowest BCUT2D eigenvalue weighted by Gasteiger charge is -2.22. The van der Waals surface area contributed by atoms with Crippen molar-refractivity contribution >= 4 is 5.96 Å². The largest absolute Gasteiger partial charge is 0.489 e. The van der Waals surface area contributed by atoms with E-state index in [1.165, 1.54) is 0 Å². The lowest BCUT2D eigenvalue weighted by Crippen LogP contribution is -2.37. The van der Waals surface area contributed by atoms with Crippen molar-refractivity contribution in [1.29, 1.82) is 0 Å². The highest BCUT2D eigenvalue weighted by Crippen LogP contribution is 2.17. The molecule has 144 valence electrons. The first-order chi connectivity index (χ1) is 12.8. The lowest BCUT2D eigenvalue weighted by atomic mass is 10.1. The van der Waals surface area contributed by atoms with Gasteiger partial charge in [-0.2, -0.15) is 0 Å². The Bertz CT molecular complexity index is 557. The van der Waals surface area contributed by atoms with E-state index in [1.54, 1.807) is 13.1 Å². The molecule has 0 spiro atoms.